The summed E-state index contributed by atoms with van der Waals surface area (Å²) in [5.74, 6) is 1.06. The number of sulfone groups is 1. The number of piperazine rings is 1. The molecule has 18 heavy (non-hydrogen) atoms. The quantitative estimate of drug-likeness (QED) is 0.827. The van der Waals surface area contributed by atoms with Crippen LogP contribution in [-0.2, 0) is 9.84 Å². The smallest absolute Gasteiger partial charge is 0.154 e. The van der Waals surface area contributed by atoms with Gasteiger partial charge in [0, 0.05) is 32.2 Å². The average Bonchev–Trinajstić information content (AvgIpc) is 2.68. The molecule has 5 heteroatoms. The third-order valence-corrected chi connectivity index (χ3v) is 6.80. The third-order valence-electron chi connectivity index (χ3n) is 4.54. The Labute approximate surface area is 111 Å². The van der Waals surface area contributed by atoms with E-state index in [1.54, 1.807) is 0 Å². The first-order valence-corrected chi connectivity index (χ1v) is 8.91. The zero-order valence-electron chi connectivity index (χ0n) is 11.6. The molecule has 2 heterocycles. The molecule has 0 aromatic rings. The predicted molar refractivity (Wildman–Crippen MR) is 74.5 cm³/mol. The summed E-state index contributed by atoms with van der Waals surface area (Å²) in [6.07, 6.45) is 2.89. The maximum absolute atomic E-state index is 11.9. The number of nitrogens with zero attached hydrogens (tertiary/aromatic N) is 1. The first-order valence-electron chi connectivity index (χ1n) is 7.20. The number of nitrogens with one attached hydrogen (secondary N) is 1. The number of hydrogen-bond acceptors (Lipinski definition) is 4. The maximum Gasteiger partial charge on any atom is 0.154 e. The summed E-state index contributed by atoms with van der Waals surface area (Å²) in [4.78, 5) is 2.35. The molecule has 0 aliphatic carbocycles. The van der Waals surface area contributed by atoms with Gasteiger partial charge < -0.3 is 5.32 Å². The Hall–Kier alpha value is -0.130. The van der Waals surface area contributed by atoms with Crippen LogP contribution in [0.2, 0.25) is 0 Å². The fourth-order valence-corrected chi connectivity index (χ4v) is 4.89. The minimum Gasteiger partial charge on any atom is -0.311 e. The second-order valence-electron chi connectivity index (χ2n) is 5.84. The lowest BCUT2D eigenvalue weighted by atomic mass is 9.97. The highest BCUT2D eigenvalue weighted by molar-refractivity contribution is 7.92. The molecule has 0 aromatic carbocycles. The normalized spacial score (nSPS) is 34.6. The van der Waals surface area contributed by atoms with E-state index >= 15 is 0 Å². The summed E-state index contributed by atoms with van der Waals surface area (Å²) in [5.41, 5.74) is 0. The molecule has 0 bridgehead atoms. The van der Waals surface area contributed by atoms with E-state index in [1.165, 1.54) is 6.42 Å². The molecule has 0 spiro atoms. The van der Waals surface area contributed by atoms with Crippen LogP contribution < -0.4 is 5.32 Å². The second-order valence-corrected chi connectivity index (χ2v) is 8.24. The SMILES string of the molecule is CCC(C)C1CN(CC2CCCS2(=O)=O)CCN1. The van der Waals surface area contributed by atoms with Crippen molar-refractivity contribution in [2.24, 2.45) is 5.92 Å². The van der Waals surface area contributed by atoms with Gasteiger partial charge in [0.25, 0.3) is 0 Å². The van der Waals surface area contributed by atoms with Gasteiger partial charge in [-0.15, -0.1) is 0 Å². The highest BCUT2D eigenvalue weighted by atomic mass is 32.2. The molecule has 2 aliphatic heterocycles. The summed E-state index contributed by atoms with van der Waals surface area (Å²) in [5, 5.41) is 3.45. The van der Waals surface area contributed by atoms with Crippen LogP contribution >= 0.6 is 0 Å². The zero-order valence-corrected chi connectivity index (χ0v) is 12.4. The van der Waals surface area contributed by atoms with Crippen LogP contribution in [0, 0.1) is 5.92 Å². The molecule has 1 N–H and O–H groups in total. The second kappa shape index (κ2) is 5.88. The van der Waals surface area contributed by atoms with Gasteiger partial charge in [0.1, 0.15) is 0 Å². The fourth-order valence-electron chi connectivity index (χ4n) is 3.02. The summed E-state index contributed by atoms with van der Waals surface area (Å²) in [7, 11) is -2.79. The lowest BCUT2D eigenvalue weighted by molar-refractivity contribution is 0.168. The van der Waals surface area contributed by atoms with Gasteiger partial charge in [-0.05, 0) is 18.8 Å². The summed E-state index contributed by atoms with van der Waals surface area (Å²) < 4.78 is 23.7. The lowest BCUT2D eigenvalue weighted by Gasteiger charge is -2.37. The molecule has 2 aliphatic rings. The van der Waals surface area contributed by atoms with Crippen LogP contribution in [0.3, 0.4) is 0 Å². The van der Waals surface area contributed by atoms with E-state index in [-0.39, 0.29) is 5.25 Å². The number of rotatable bonds is 4. The van der Waals surface area contributed by atoms with Crippen molar-refractivity contribution in [2.45, 2.75) is 44.4 Å². The van der Waals surface area contributed by atoms with Gasteiger partial charge in [-0.3, -0.25) is 4.90 Å². The highest BCUT2D eigenvalue weighted by Gasteiger charge is 2.34. The molecule has 2 fully saturated rings. The lowest BCUT2D eigenvalue weighted by Crippen LogP contribution is -2.54. The van der Waals surface area contributed by atoms with Crippen molar-refractivity contribution in [1.29, 1.82) is 0 Å². The van der Waals surface area contributed by atoms with Crippen molar-refractivity contribution in [3.8, 4) is 0 Å². The van der Waals surface area contributed by atoms with Crippen LogP contribution in [0.1, 0.15) is 33.1 Å². The van der Waals surface area contributed by atoms with Crippen LogP contribution in [0.25, 0.3) is 0 Å². The molecule has 3 unspecified atom stereocenters. The summed E-state index contributed by atoms with van der Waals surface area (Å²) >= 11 is 0. The van der Waals surface area contributed by atoms with Crippen LogP contribution in [0.4, 0.5) is 0 Å². The fraction of sp³-hybridized carbons (Fsp3) is 1.00. The summed E-state index contributed by atoms with van der Waals surface area (Å²) in [6, 6.07) is 0.521. The zero-order chi connectivity index (χ0) is 13.2. The molecule has 0 amide bonds. The molecule has 0 aromatic heterocycles. The Bertz CT molecular complexity index is 369. The summed E-state index contributed by atoms with van der Waals surface area (Å²) in [6.45, 7) is 8.21. The molecule has 2 saturated heterocycles. The van der Waals surface area contributed by atoms with Crippen molar-refractivity contribution in [1.82, 2.24) is 10.2 Å². The van der Waals surface area contributed by atoms with Crippen molar-refractivity contribution in [3.63, 3.8) is 0 Å². The van der Waals surface area contributed by atoms with E-state index in [2.05, 4.69) is 24.1 Å². The first kappa shape index (κ1) is 14.3. The van der Waals surface area contributed by atoms with Crippen molar-refractivity contribution in [2.75, 3.05) is 31.9 Å². The molecular formula is C13H26N2O2S. The molecular weight excluding hydrogens is 248 g/mol. The molecule has 0 radical (unpaired) electrons. The monoisotopic (exact) mass is 274 g/mol. The maximum atomic E-state index is 11.9. The third kappa shape index (κ3) is 3.25. The predicted octanol–water partition coefficient (Wildman–Crippen LogP) is 0.884. The minimum absolute atomic E-state index is 0.104. The molecule has 4 nitrogen and oxygen atoms in total. The topological polar surface area (TPSA) is 49.4 Å². The van der Waals surface area contributed by atoms with Gasteiger partial charge in [0.05, 0.1) is 11.0 Å². The largest absolute Gasteiger partial charge is 0.311 e. The van der Waals surface area contributed by atoms with E-state index in [4.69, 9.17) is 0 Å². The van der Waals surface area contributed by atoms with E-state index in [1.807, 2.05) is 0 Å². The van der Waals surface area contributed by atoms with Gasteiger partial charge in [0.2, 0.25) is 0 Å². The van der Waals surface area contributed by atoms with E-state index in [0.717, 1.165) is 39.0 Å². The van der Waals surface area contributed by atoms with Gasteiger partial charge in [0.15, 0.2) is 9.84 Å². The first-order chi connectivity index (χ1) is 8.53. The van der Waals surface area contributed by atoms with Crippen molar-refractivity contribution in [3.05, 3.63) is 0 Å². The van der Waals surface area contributed by atoms with Crippen LogP contribution in [-0.4, -0.2) is 56.5 Å². The van der Waals surface area contributed by atoms with Crippen molar-refractivity contribution < 1.29 is 8.42 Å². The Morgan fingerprint density at radius 1 is 1.44 bits per heavy atom. The Balaban J connectivity index is 1.90. The Morgan fingerprint density at radius 3 is 2.83 bits per heavy atom. The van der Waals surface area contributed by atoms with E-state index < -0.39 is 9.84 Å². The molecule has 3 atom stereocenters. The highest BCUT2D eigenvalue weighted by Crippen LogP contribution is 2.22. The van der Waals surface area contributed by atoms with Gasteiger partial charge in [-0.25, -0.2) is 8.42 Å². The molecule has 2 rings (SSSR count). The van der Waals surface area contributed by atoms with Gasteiger partial charge in [-0.1, -0.05) is 20.3 Å². The van der Waals surface area contributed by atoms with E-state index in [9.17, 15) is 8.42 Å². The average molecular weight is 274 g/mol. The Kier molecular flexibility index (Phi) is 4.67. The minimum atomic E-state index is -2.79. The van der Waals surface area contributed by atoms with E-state index in [0.29, 0.717) is 17.7 Å². The van der Waals surface area contributed by atoms with Gasteiger partial charge >= 0.3 is 0 Å². The van der Waals surface area contributed by atoms with Crippen molar-refractivity contribution >= 4 is 9.84 Å². The Morgan fingerprint density at radius 2 is 2.22 bits per heavy atom. The standard InChI is InChI=1S/C13H26N2O2S/c1-3-11(2)13-10-15(7-6-14-13)9-12-5-4-8-18(12,16)17/h11-14H,3-10H2,1-2H3. The van der Waals surface area contributed by atoms with Gasteiger partial charge in [-0.2, -0.15) is 0 Å². The van der Waals surface area contributed by atoms with Crippen LogP contribution in [0.15, 0.2) is 0 Å². The molecule has 106 valence electrons. The molecule has 0 saturated carbocycles. The van der Waals surface area contributed by atoms with Crippen LogP contribution in [0.5, 0.6) is 0 Å². The number of hydrogen-bond donors (Lipinski definition) is 1.